The molecule has 7 nitrogen and oxygen atoms in total. The molecular weight excluding hydrogens is 290 g/mol. The first kappa shape index (κ1) is 13.0. The Balaban J connectivity index is 2.37. The summed E-state index contributed by atoms with van der Waals surface area (Å²) in [5.41, 5.74) is 19.1. The minimum Gasteiger partial charge on any atom is -0.248 e. The Morgan fingerprint density at radius 2 is 1.33 bits per heavy atom. The van der Waals surface area contributed by atoms with Crippen molar-refractivity contribution >= 4 is 44.8 Å². The Kier molecular flexibility index (Phi) is 3.22. The molecule has 3 aromatic rings. The van der Waals surface area contributed by atoms with Crippen LogP contribution in [-0.2, 0) is 0 Å². The van der Waals surface area contributed by atoms with Gasteiger partial charge in [0.1, 0.15) is 0 Å². The number of fused-ring (bicyclic) bond motifs is 2. The molecule has 0 atom stereocenters. The van der Waals surface area contributed by atoms with Crippen LogP contribution in [0.4, 0.5) is 11.4 Å². The number of rotatable bonds is 2. The molecule has 0 aliphatic carbocycles. The maximum atomic E-state index is 8.48. The van der Waals surface area contributed by atoms with E-state index in [-0.39, 0.29) is 0 Å². The Hall–Kier alpha value is -2.98. The van der Waals surface area contributed by atoms with Crippen molar-refractivity contribution in [3.05, 3.63) is 62.3 Å². The van der Waals surface area contributed by atoms with Crippen molar-refractivity contribution in [1.82, 2.24) is 4.98 Å². The van der Waals surface area contributed by atoms with Gasteiger partial charge in [0.2, 0.25) is 0 Å². The van der Waals surface area contributed by atoms with Crippen LogP contribution in [0.5, 0.6) is 0 Å². The summed E-state index contributed by atoms with van der Waals surface area (Å²) in [7, 11) is 0. The van der Waals surface area contributed by atoms with E-state index in [1.807, 2.05) is 0 Å². The fourth-order valence-electron chi connectivity index (χ4n) is 2.10. The van der Waals surface area contributed by atoms with Gasteiger partial charge in [-0.25, -0.2) is 4.98 Å². The van der Waals surface area contributed by atoms with Gasteiger partial charge in [0.05, 0.1) is 16.1 Å². The second-order valence-corrected chi connectivity index (χ2v) is 4.59. The van der Waals surface area contributed by atoms with Crippen molar-refractivity contribution in [2.24, 2.45) is 10.2 Å². The lowest BCUT2D eigenvalue weighted by molar-refractivity contribution is 1.43. The molecule has 21 heavy (non-hydrogen) atoms. The van der Waals surface area contributed by atoms with Gasteiger partial charge < -0.3 is 0 Å². The lowest BCUT2D eigenvalue weighted by atomic mass is 10.1. The van der Waals surface area contributed by atoms with Crippen molar-refractivity contribution < 1.29 is 0 Å². The summed E-state index contributed by atoms with van der Waals surface area (Å²) in [4.78, 5) is 9.96. The lowest BCUT2D eigenvalue weighted by Gasteiger charge is -2.06. The van der Waals surface area contributed by atoms with Gasteiger partial charge in [0.25, 0.3) is 0 Å². The molecule has 0 spiro atoms. The number of pyridine rings is 1. The summed E-state index contributed by atoms with van der Waals surface area (Å²) in [6.45, 7) is 0. The molecule has 0 N–H and O–H groups in total. The predicted molar refractivity (Wildman–Crippen MR) is 81.9 cm³/mol. The second-order valence-electron chi connectivity index (χ2n) is 4.21. The van der Waals surface area contributed by atoms with Crippen LogP contribution in [0, 0.1) is 0 Å². The van der Waals surface area contributed by atoms with Crippen LogP contribution in [0.2, 0.25) is 5.02 Å². The molecule has 3 rings (SSSR count). The summed E-state index contributed by atoms with van der Waals surface area (Å²) in [5, 5.41) is 9.16. The maximum Gasteiger partial charge on any atom is 0.0729 e. The third-order valence-electron chi connectivity index (χ3n) is 3.00. The van der Waals surface area contributed by atoms with Crippen molar-refractivity contribution in [3.63, 3.8) is 0 Å². The molecule has 0 aliphatic heterocycles. The van der Waals surface area contributed by atoms with Gasteiger partial charge in [-0.2, -0.15) is 0 Å². The highest BCUT2D eigenvalue weighted by atomic mass is 35.5. The van der Waals surface area contributed by atoms with Crippen molar-refractivity contribution in [3.8, 4) is 0 Å². The molecule has 0 unspecified atom stereocenters. The molecule has 2 aromatic carbocycles. The molecule has 0 amide bonds. The predicted octanol–water partition coefficient (Wildman–Crippen LogP) is 5.93. The molecule has 0 radical (unpaired) electrons. The van der Waals surface area contributed by atoms with Crippen LogP contribution in [-0.4, -0.2) is 4.98 Å². The minimum absolute atomic E-state index is 0.458. The highest BCUT2D eigenvalue weighted by Gasteiger charge is 2.08. The number of azide groups is 2. The summed E-state index contributed by atoms with van der Waals surface area (Å²) in [6, 6.07) is 10.2. The van der Waals surface area contributed by atoms with Gasteiger partial charge >= 0.3 is 0 Å². The molecule has 1 aromatic heterocycles. The summed E-state index contributed by atoms with van der Waals surface area (Å²) in [6.07, 6.45) is 0. The first-order valence-corrected chi connectivity index (χ1v) is 6.24. The van der Waals surface area contributed by atoms with E-state index >= 15 is 0 Å². The zero-order valence-electron chi connectivity index (χ0n) is 10.5. The number of hydrogen-bond acceptors (Lipinski definition) is 3. The van der Waals surface area contributed by atoms with Crippen molar-refractivity contribution in [1.29, 1.82) is 0 Å². The number of hydrogen-bond donors (Lipinski definition) is 0. The molecule has 0 fully saturated rings. The van der Waals surface area contributed by atoms with E-state index in [1.165, 1.54) is 0 Å². The quantitative estimate of drug-likeness (QED) is 0.248. The summed E-state index contributed by atoms with van der Waals surface area (Å²) in [5.74, 6) is 0. The molecule has 0 bridgehead atoms. The fraction of sp³-hybridized carbons (Fsp3) is 0. The standard InChI is InChI=1S/C13H6ClN7/c14-13-9-3-1-7(18-20-15)5-11(9)17-12-6-8(19-21-16)2-4-10(12)13/h1-6H. The van der Waals surface area contributed by atoms with Crippen LogP contribution in [0.15, 0.2) is 46.6 Å². The minimum atomic E-state index is 0.458. The fourth-order valence-corrected chi connectivity index (χ4v) is 2.42. The average Bonchev–Trinajstić information content (AvgIpc) is 2.48. The molecule has 1 heterocycles. The van der Waals surface area contributed by atoms with Gasteiger partial charge in [-0.15, -0.1) is 0 Å². The van der Waals surface area contributed by atoms with E-state index in [2.05, 4.69) is 25.0 Å². The normalized spacial score (nSPS) is 10.1. The van der Waals surface area contributed by atoms with Crippen LogP contribution in [0.25, 0.3) is 42.7 Å². The van der Waals surface area contributed by atoms with Crippen molar-refractivity contribution in [2.45, 2.75) is 0 Å². The van der Waals surface area contributed by atoms with E-state index < -0.39 is 0 Å². The van der Waals surface area contributed by atoms with Gasteiger partial charge in [-0.3, -0.25) is 0 Å². The maximum absolute atomic E-state index is 8.48. The summed E-state index contributed by atoms with van der Waals surface area (Å²) >= 11 is 6.39. The Bertz CT molecular complexity index is 893. The molecule has 0 saturated carbocycles. The van der Waals surface area contributed by atoms with Gasteiger partial charge in [0, 0.05) is 32.0 Å². The van der Waals surface area contributed by atoms with Crippen LogP contribution < -0.4 is 0 Å². The second kappa shape index (κ2) is 5.19. The first-order chi connectivity index (χ1) is 10.2. The first-order valence-electron chi connectivity index (χ1n) is 5.86. The zero-order valence-corrected chi connectivity index (χ0v) is 11.2. The van der Waals surface area contributed by atoms with Crippen LogP contribution >= 0.6 is 11.6 Å². The van der Waals surface area contributed by atoms with Crippen molar-refractivity contribution in [2.75, 3.05) is 0 Å². The number of halogens is 1. The Morgan fingerprint density at radius 3 is 1.76 bits per heavy atom. The lowest BCUT2D eigenvalue weighted by Crippen LogP contribution is -1.84. The molecule has 100 valence electrons. The average molecular weight is 296 g/mol. The Morgan fingerprint density at radius 1 is 0.857 bits per heavy atom. The third kappa shape index (κ3) is 2.28. The van der Waals surface area contributed by atoms with Gasteiger partial charge in [0.15, 0.2) is 0 Å². The highest BCUT2D eigenvalue weighted by Crippen LogP contribution is 2.33. The van der Waals surface area contributed by atoms with E-state index in [9.17, 15) is 0 Å². The van der Waals surface area contributed by atoms with E-state index in [0.29, 0.717) is 27.4 Å². The monoisotopic (exact) mass is 295 g/mol. The number of benzene rings is 2. The number of aromatic nitrogens is 1. The zero-order chi connectivity index (χ0) is 14.8. The third-order valence-corrected chi connectivity index (χ3v) is 3.40. The molecule has 0 aliphatic rings. The van der Waals surface area contributed by atoms with Crippen LogP contribution in [0.3, 0.4) is 0 Å². The Labute approximate surface area is 123 Å². The van der Waals surface area contributed by atoms with E-state index in [0.717, 1.165) is 10.8 Å². The van der Waals surface area contributed by atoms with Gasteiger partial charge in [-0.1, -0.05) is 46.1 Å². The van der Waals surface area contributed by atoms with E-state index in [4.69, 9.17) is 22.7 Å². The molecule has 8 heteroatoms. The van der Waals surface area contributed by atoms with E-state index in [1.54, 1.807) is 36.4 Å². The topological polar surface area (TPSA) is 110 Å². The highest BCUT2D eigenvalue weighted by molar-refractivity contribution is 6.40. The SMILES string of the molecule is [N-]=[N+]=Nc1ccc2c(Cl)c3ccc(N=[N+]=[N-])cc3nc2c1. The molecular formula is C13H6ClN7. The summed E-state index contributed by atoms with van der Waals surface area (Å²) < 4.78 is 0. The number of nitrogens with zero attached hydrogens (tertiary/aromatic N) is 7. The van der Waals surface area contributed by atoms with Crippen LogP contribution in [0.1, 0.15) is 0 Å². The van der Waals surface area contributed by atoms with Gasteiger partial charge in [-0.05, 0) is 23.2 Å². The smallest absolute Gasteiger partial charge is 0.0729 e. The largest absolute Gasteiger partial charge is 0.248 e. The molecule has 0 saturated heterocycles.